The number of nitrogens with zero attached hydrogens (tertiary/aromatic N) is 1. The molecule has 1 aromatic heterocycles. The molecule has 0 aliphatic rings. The lowest BCUT2D eigenvalue weighted by molar-refractivity contribution is 0.507. The molecule has 0 bridgehead atoms. The van der Waals surface area contributed by atoms with E-state index < -0.39 is 0 Å². The van der Waals surface area contributed by atoms with E-state index in [1.807, 2.05) is 25.2 Å². The topological polar surface area (TPSA) is 28.4 Å². The van der Waals surface area contributed by atoms with Gasteiger partial charge in [0.2, 0.25) is 0 Å². The SMILES string of the molecule is CC(C)CNCc1ccc(N(C)Cc2ccco2)cc1Cl. The van der Waals surface area contributed by atoms with E-state index in [4.69, 9.17) is 16.0 Å². The van der Waals surface area contributed by atoms with Gasteiger partial charge in [-0.1, -0.05) is 31.5 Å². The van der Waals surface area contributed by atoms with E-state index in [1.165, 1.54) is 0 Å². The zero-order chi connectivity index (χ0) is 15.2. The Kier molecular flexibility index (Phi) is 5.71. The fourth-order valence-electron chi connectivity index (χ4n) is 2.14. The van der Waals surface area contributed by atoms with Crippen molar-refractivity contribution in [2.24, 2.45) is 5.92 Å². The highest BCUT2D eigenvalue weighted by Gasteiger charge is 2.07. The lowest BCUT2D eigenvalue weighted by atomic mass is 10.1. The first-order chi connectivity index (χ1) is 10.1. The number of hydrogen-bond donors (Lipinski definition) is 1. The average Bonchev–Trinajstić information content (AvgIpc) is 2.93. The molecule has 1 aromatic carbocycles. The van der Waals surface area contributed by atoms with E-state index in [0.717, 1.165) is 41.7 Å². The van der Waals surface area contributed by atoms with Gasteiger partial charge < -0.3 is 14.6 Å². The quantitative estimate of drug-likeness (QED) is 0.826. The summed E-state index contributed by atoms with van der Waals surface area (Å²) >= 11 is 6.38. The Morgan fingerprint density at radius 2 is 2.10 bits per heavy atom. The van der Waals surface area contributed by atoms with Gasteiger partial charge in [0.1, 0.15) is 5.76 Å². The third kappa shape index (κ3) is 4.80. The van der Waals surface area contributed by atoms with Crippen molar-refractivity contribution in [2.75, 3.05) is 18.5 Å². The molecule has 0 radical (unpaired) electrons. The lowest BCUT2D eigenvalue weighted by Gasteiger charge is -2.19. The van der Waals surface area contributed by atoms with E-state index in [2.05, 4.69) is 36.2 Å². The number of hydrogen-bond acceptors (Lipinski definition) is 3. The highest BCUT2D eigenvalue weighted by Crippen LogP contribution is 2.24. The van der Waals surface area contributed by atoms with Crippen LogP contribution in [0.2, 0.25) is 5.02 Å². The van der Waals surface area contributed by atoms with Crippen LogP contribution in [-0.4, -0.2) is 13.6 Å². The molecule has 0 aliphatic heterocycles. The standard InChI is InChI=1S/C17H23ClN2O/c1-13(2)10-19-11-14-6-7-15(9-17(14)18)20(3)12-16-5-4-8-21-16/h4-9,13,19H,10-12H2,1-3H3. The summed E-state index contributed by atoms with van der Waals surface area (Å²) in [5.74, 6) is 1.58. The van der Waals surface area contributed by atoms with Crippen LogP contribution in [0.25, 0.3) is 0 Å². The minimum atomic E-state index is 0.641. The normalized spacial score (nSPS) is 11.1. The molecule has 114 valence electrons. The van der Waals surface area contributed by atoms with Crippen LogP contribution in [0.4, 0.5) is 5.69 Å². The van der Waals surface area contributed by atoms with Crippen LogP contribution >= 0.6 is 11.6 Å². The molecule has 0 spiro atoms. The zero-order valence-corrected chi connectivity index (χ0v) is 13.7. The molecule has 0 saturated carbocycles. The summed E-state index contributed by atoms with van der Waals surface area (Å²) in [4.78, 5) is 2.12. The second-order valence-corrected chi connectivity index (χ2v) is 6.14. The molecule has 0 amide bonds. The summed E-state index contributed by atoms with van der Waals surface area (Å²) in [7, 11) is 2.03. The summed E-state index contributed by atoms with van der Waals surface area (Å²) < 4.78 is 5.37. The minimum Gasteiger partial charge on any atom is -0.467 e. The Morgan fingerprint density at radius 1 is 1.29 bits per heavy atom. The summed E-state index contributed by atoms with van der Waals surface area (Å²) in [5.41, 5.74) is 2.22. The van der Waals surface area contributed by atoms with Gasteiger partial charge in [0.25, 0.3) is 0 Å². The fraction of sp³-hybridized carbons (Fsp3) is 0.412. The van der Waals surface area contributed by atoms with Crippen LogP contribution in [0, 0.1) is 5.92 Å². The Morgan fingerprint density at radius 3 is 2.71 bits per heavy atom. The zero-order valence-electron chi connectivity index (χ0n) is 12.9. The third-order valence-electron chi connectivity index (χ3n) is 3.32. The Balaban J connectivity index is 1.97. The van der Waals surface area contributed by atoms with Crippen LogP contribution < -0.4 is 10.2 Å². The molecule has 4 heteroatoms. The predicted molar refractivity (Wildman–Crippen MR) is 88.8 cm³/mol. The average molecular weight is 307 g/mol. The first-order valence-electron chi connectivity index (χ1n) is 7.29. The Hall–Kier alpha value is -1.45. The number of benzene rings is 1. The lowest BCUT2D eigenvalue weighted by Crippen LogP contribution is -2.19. The maximum absolute atomic E-state index is 6.38. The largest absolute Gasteiger partial charge is 0.467 e. The van der Waals surface area contributed by atoms with Gasteiger partial charge in [-0.15, -0.1) is 0 Å². The fourth-order valence-corrected chi connectivity index (χ4v) is 2.38. The molecule has 0 aliphatic carbocycles. The van der Waals surface area contributed by atoms with E-state index in [-0.39, 0.29) is 0 Å². The number of halogens is 1. The molecule has 1 heterocycles. The molecule has 3 nitrogen and oxygen atoms in total. The van der Waals surface area contributed by atoms with E-state index >= 15 is 0 Å². The second kappa shape index (κ2) is 7.53. The van der Waals surface area contributed by atoms with E-state index in [9.17, 15) is 0 Å². The Labute approximate surface area is 131 Å². The number of rotatable bonds is 7. The summed E-state index contributed by atoms with van der Waals surface area (Å²) in [6.07, 6.45) is 1.69. The highest BCUT2D eigenvalue weighted by atomic mass is 35.5. The number of nitrogens with one attached hydrogen (secondary N) is 1. The van der Waals surface area contributed by atoms with Crippen molar-refractivity contribution in [1.29, 1.82) is 0 Å². The molecule has 21 heavy (non-hydrogen) atoms. The van der Waals surface area contributed by atoms with Gasteiger partial charge in [-0.25, -0.2) is 0 Å². The van der Waals surface area contributed by atoms with Gasteiger partial charge in [-0.2, -0.15) is 0 Å². The number of furan rings is 1. The van der Waals surface area contributed by atoms with Gasteiger partial charge in [0.15, 0.2) is 0 Å². The van der Waals surface area contributed by atoms with Crippen LogP contribution in [0.1, 0.15) is 25.2 Å². The molecule has 1 N–H and O–H groups in total. The second-order valence-electron chi connectivity index (χ2n) is 5.74. The summed E-state index contributed by atoms with van der Waals surface area (Å²) in [5, 5.41) is 4.21. The third-order valence-corrected chi connectivity index (χ3v) is 3.67. The number of anilines is 1. The molecule has 0 unspecified atom stereocenters. The minimum absolute atomic E-state index is 0.641. The van der Waals surface area contributed by atoms with E-state index in [1.54, 1.807) is 6.26 Å². The Bertz CT molecular complexity index is 552. The molecule has 2 rings (SSSR count). The van der Waals surface area contributed by atoms with Crippen LogP contribution in [0.15, 0.2) is 41.0 Å². The maximum atomic E-state index is 6.38. The van der Waals surface area contributed by atoms with Crippen molar-refractivity contribution in [3.63, 3.8) is 0 Å². The summed E-state index contributed by atoms with van der Waals surface area (Å²) in [6, 6.07) is 10.1. The van der Waals surface area contributed by atoms with Crippen molar-refractivity contribution in [3.8, 4) is 0 Å². The highest BCUT2D eigenvalue weighted by molar-refractivity contribution is 6.31. The van der Waals surface area contributed by atoms with Crippen molar-refractivity contribution in [2.45, 2.75) is 26.9 Å². The molecular formula is C17H23ClN2O. The van der Waals surface area contributed by atoms with E-state index in [0.29, 0.717) is 5.92 Å². The molecule has 0 saturated heterocycles. The van der Waals surface area contributed by atoms with Gasteiger partial charge in [-0.05, 0) is 42.3 Å². The molecular weight excluding hydrogens is 284 g/mol. The predicted octanol–water partition coefficient (Wildman–Crippen LogP) is 4.32. The monoisotopic (exact) mass is 306 g/mol. The first kappa shape index (κ1) is 15.9. The van der Waals surface area contributed by atoms with Crippen LogP contribution in [-0.2, 0) is 13.1 Å². The van der Waals surface area contributed by atoms with Gasteiger partial charge in [-0.3, -0.25) is 0 Å². The molecule has 0 fully saturated rings. The van der Waals surface area contributed by atoms with Crippen molar-refractivity contribution in [3.05, 3.63) is 52.9 Å². The van der Waals surface area contributed by atoms with Gasteiger partial charge >= 0.3 is 0 Å². The van der Waals surface area contributed by atoms with Crippen LogP contribution in [0.3, 0.4) is 0 Å². The summed E-state index contributed by atoms with van der Waals surface area (Å²) in [6.45, 7) is 6.92. The molecule has 0 atom stereocenters. The van der Waals surface area contributed by atoms with Crippen molar-refractivity contribution < 1.29 is 4.42 Å². The van der Waals surface area contributed by atoms with Crippen molar-refractivity contribution in [1.82, 2.24) is 5.32 Å². The maximum Gasteiger partial charge on any atom is 0.123 e. The van der Waals surface area contributed by atoms with Gasteiger partial charge in [0.05, 0.1) is 12.8 Å². The van der Waals surface area contributed by atoms with Crippen molar-refractivity contribution >= 4 is 17.3 Å². The first-order valence-corrected chi connectivity index (χ1v) is 7.66. The smallest absolute Gasteiger partial charge is 0.123 e. The van der Waals surface area contributed by atoms with Crippen LogP contribution in [0.5, 0.6) is 0 Å². The van der Waals surface area contributed by atoms with Gasteiger partial charge in [0, 0.05) is 24.3 Å². The molecule has 2 aromatic rings.